The summed E-state index contributed by atoms with van der Waals surface area (Å²) in [5, 5.41) is 12.6. The Morgan fingerprint density at radius 2 is 2.09 bits per heavy atom. The van der Waals surface area contributed by atoms with Gasteiger partial charge in [0, 0.05) is 24.6 Å². The summed E-state index contributed by atoms with van der Waals surface area (Å²) >= 11 is 0. The number of carbonyl (C=O) groups is 2. The average Bonchev–Trinajstić information content (AvgIpc) is 2.80. The van der Waals surface area contributed by atoms with E-state index in [1.807, 2.05) is 6.07 Å². The highest BCUT2D eigenvalue weighted by molar-refractivity contribution is 5.78. The van der Waals surface area contributed by atoms with Gasteiger partial charge in [0.1, 0.15) is 5.82 Å². The number of alkyl halides is 1. The van der Waals surface area contributed by atoms with Crippen molar-refractivity contribution in [3.8, 4) is 5.75 Å². The number of methoxy groups -OCH3 is 1. The molecule has 1 amide bonds. The summed E-state index contributed by atoms with van der Waals surface area (Å²) in [6, 6.07) is 8.00. The van der Waals surface area contributed by atoms with Gasteiger partial charge in [0.2, 0.25) is 5.91 Å². The molecule has 182 valence electrons. The number of aromatic nitrogens is 1. The Morgan fingerprint density at radius 3 is 2.79 bits per heavy atom. The number of rotatable bonds is 9. The summed E-state index contributed by atoms with van der Waals surface area (Å²) in [6.45, 7) is 0.491. The van der Waals surface area contributed by atoms with Crippen molar-refractivity contribution in [3.05, 3.63) is 53.0 Å². The topological polar surface area (TPSA) is 91.8 Å². The molecule has 7 nitrogen and oxygen atoms in total. The molecule has 0 unspecified atom stereocenters. The van der Waals surface area contributed by atoms with E-state index >= 15 is 4.39 Å². The zero-order valence-electron chi connectivity index (χ0n) is 19.2. The van der Waals surface area contributed by atoms with Gasteiger partial charge in [-0.3, -0.25) is 9.59 Å². The molecule has 0 saturated carbocycles. The fourth-order valence-corrected chi connectivity index (χ4v) is 4.75. The van der Waals surface area contributed by atoms with Gasteiger partial charge in [-0.15, -0.1) is 0 Å². The van der Waals surface area contributed by atoms with Gasteiger partial charge in [0.15, 0.2) is 17.2 Å². The maximum Gasteiger partial charge on any atom is 0.304 e. The molecule has 3 heterocycles. The van der Waals surface area contributed by atoms with Crippen molar-refractivity contribution in [2.45, 2.75) is 50.1 Å². The van der Waals surface area contributed by atoms with Gasteiger partial charge in [0.05, 0.1) is 26.6 Å². The highest BCUT2D eigenvalue weighted by Crippen LogP contribution is 2.42. The summed E-state index contributed by atoms with van der Waals surface area (Å²) in [6.07, 6.45) is 3.09. The van der Waals surface area contributed by atoms with E-state index in [9.17, 15) is 19.1 Å². The third-order valence-corrected chi connectivity index (χ3v) is 6.62. The second-order valence-electron chi connectivity index (χ2n) is 9.02. The lowest BCUT2D eigenvalue weighted by Gasteiger charge is -2.48. The number of hydrogen-bond donors (Lipinski definition) is 2. The molecule has 0 radical (unpaired) electrons. The second kappa shape index (κ2) is 9.95. The lowest BCUT2D eigenvalue weighted by atomic mass is 9.76. The van der Waals surface area contributed by atoms with E-state index in [1.54, 1.807) is 0 Å². The molecule has 1 atom stereocenters. The van der Waals surface area contributed by atoms with Crippen LogP contribution in [0.4, 0.5) is 14.6 Å². The minimum atomic E-state index is -1.93. The number of ether oxygens (including phenoxy) is 1. The van der Waals surface area contributed by atoms with Crippen LogP contribution in [0.1, 0.15) is 48.4 Å². The number of aryl methyl sites for hydroxylation is 2. The second-order valence-corrected chi connectivity index (χ2v) is 9.02. The van der Waals surface area contributed by atoms with Crippen molar-refractivity contribution < 1.29 is 28.2 Å². The summed E-state index contributed by atoms with van der Waals surface area (Å²) < 4.78 is 34.7. The largest absolute Gasteiger partial charge is 0.494 e. The monoisotopic (exact) mass is 473 g/mol. The third-order valence-electron chi connectivity index (χ3n) is 6.62. The molecule has 2 aromatic rings. The number of aliphatic carboxylic acids is 1. The average molecular weight is 474 g/mol. The van der Waals surface area contributed by atoms with Crippen LogP contribution in [0.3, 0.4) is 0 Å². The van der Waals surface area contributed by atoms with Gasteiger partial charge in [-0.25, -0.2) is 13.8 Å². The number of amides is 1. The zero-order chi connectivity index (χ0) is 24.3. The number of fused-ring (bicyclic) bond motifs is 1. The molecule has 9 heteroatoms. The number of carboxylic acids is 1. The van der Waals surface area contributed by atoms with E-state index in [0.717, 1.165) is 37.0 Å². The molecule has 0 bridgehead atoms. The van der Waals surface area contributed by atoms with Crippen LogP contribution in [0.15, 0.2) is 30.3 Å². The summed E-state index contributed by atoms with van der Waals surface area (Å²) in [5.41, 5.74) is 0.425. The molecule has 4 rings (SSSR count). The fraction of sp³-hybridized carbons (Fsp3) is 0.480. The quantitative estimate of drug-likeness (QED) is 0.577. The number of carbonyl (C=O) groups excluding carboxylic acids is 1. The lowest BCUT2D eigenvalue weighted by Crippen LogP contribution is -2.63. The molecule has 2 N–H and O–H groups in total. The predicted molar refractivity (Wildman–Crippen MR) is 122 cm³/mol. The minimum absolute atomic E-state index is 0.000319. The summed E-state index contributed by atoms with van der Waals surface area (Å²) in [5.74, 6) is -2.20. The van der Waals surface area contributed by atoms with Crippen molar-refractivity contribution in [2.24, 2.45) is 0 Å². The lowest BCUT2D eigenvalue weighted by molar-refractivity contribution is -0.150. The first kappa shape index (κ1) is 23.9. The molecule has 2 aliphatic rings. The zero-order valence-corrected chi connectivity index (χ0v) is 19.2. The predicted octanol–water partition coefficient (Wildman–Crippen LogP) is 3.72. The molecular weight excluding hydrogens is 444 g/mol. The number of halogens is 2. The fourth-order valence-electron chi connectivity index (χ4n) is 4.75. The number of pyridine rings is 1. The van der Waals surface area contributed by atoms with Crippen LogP contribution in [0.25, 0.3) is 0 Å². The Labute approximate surface area is 197 Å². The van der Waals surface area contributed by atoms with Gasteiger partial charge >= 0.3 is 5.97 Å². The van der Waals surface area contributed by atoms with Gasteiger partial charge in [0.25, 0.3) is 0 Å². The number of hydrogen-bond acceptors (Lipinski definition) is 5. The summed E-state index contributed by atoms with van der Waals surface area (Å²) in [4.78, 5) is 30.0. The van der Waals surface area contributed by atoms with E-state index in [0.29, 0.717) is 12.8 Å². The normalized spacial score (nSPS) is 17.2. The third kappa shape index (κ3) is 5.13. The first-order valence-corrected chi connectivity index (χ1v) is 11.5. The Bertz CT molecular complexity index is 1070. The first-order valence-electron chi connectivity index (χ1n) is 11.5. The Kier molecular flexibility index (Phi) is 7.00. The molecule has 1 fully saturated rings. The Hall–Kier alpha value is -3.23. The Balaban J connectivity index is 1.33. The van der Waals surface area contributed by atoms with Crippen molar-refractivity contribution in [3.63, 3.8) is 0 Å². The van der Waals surface area contributed by atoms with Crippen molar-refractivity contribution in [1.29, 1.82) is 0 Å². The number of benzene rings is 1. The number of nitrogens with one attached hydrogen (secondary N) is 1. The maximum atomic E-state index is 15.7. The standard InChI is InChI=1S/C25H29F2N3O4/c1-34-21-10-8-17(12-20(21)26)19(13-23(32)33)25(27)14-30(15-25)22(31)6-2-5-18-9-7-16-4-3-11-28-24(16)29-18/h7-10,12,19H,2-6,11,13-15H2,1H3,(H,28,29)(H,32,33)/t19-/m1/s1. The highest BCUT2D eigenvalue weighted by atomic mass is 19.1. The number of anilines is 1. The van der Waals surface area contributed by atoms with Gasteiger partial charge in [-0.2, -0.15) is 0 Å². The summed E-state index contributed by atoms with van der Waals surface area (Å²) in [7, 11) is 1.32. The molecule has 2 aliphatic heterocycles. The van der Waals surface area contributed by atoms with Gasteiger partial charge in [-0.05, 0) is 55.0 Å². The van der Waals surface area contributed by atoms with Crippen LogP contribution >= 0.6 is 0 Å². The number of carboxylic acid groups (broad SMARTS) is 1. The molecular formula is C25H29F2N3O4. The van der Waals surface area contributed by atoms with E-state index in [4.69, 9.17) is 4.74 Å². The smallest absolute Gasteiger partial charge is 0.304 e. The molecule has 1 aromatic carbocycles. The molecule has 0 spiro atoms. The maximum absolute atomic E-state index is 15.7. The van der Waals surface area contributed by atoms with Crippen LogP contribution in [0.5, 0.6) is 5.75 Å². The molecule has 1 saturated heterocycles. The van der Waals surface area contributed by atoms with Crippen LogP contribution in [0.2, 0.25) is 0 Å². The molecule has 34 heavy (non-hydrogen) atoms. The van der Waals surface area contributed by atoms with Crippen molar-refractivity contribution in [2.75, 3.05) is 32.1 Å². The van der Waals surface area contributed by atoms with Gasteiger partial charge < -0.3 is 20.1 Å². The molecule has 1 aromatic heterocycles. The van der Waals surface area contributed by atoms with Crippen LogP contribution < -0.4 is 10.1 Å². The van der Waals surface area contributed by atoms with Crippen molar-refractivity contribution in [1.82, 2.24) is 9.88 Å². The van der Waals surface area contributed by atoms with Crippen LogP contribution in [0, 0.1) is 5.82 Å². The minimum Gasteiger partial charge on any atom is -0.494 e. The highest BCUT2D eigenvalue weighted by Gasteiger charge is 2.52. The van der Waals surface area contributed by atoms with E-state index < -0.39 is 29.8 Å². The van der Waals surface area contributed by atoms with Gasteiger partial charge in [-0.1, -0.05) is 12.1 Å². The van der Waals surface area contributed by atoms with E-state index in [2.05, 4.69) is 16.4 Å². The van der Waals surface area contributed by atoms with E-state index in [-0.39, 0.29) is 36.7 Å². The molecule has 0 aliphatic carbocycles. The Morgan fingerprint density at radius 1 is 1.29 bits per heavy atom. The number of likely N-dealkylation sites (tertiary alicyclic amines) is 1. The number of nitrogens with zero attached hydrogens (tertiary/aromatic N) is 2. The van der Waals surface area contributed by atoms with E-state index in [1.165, 1.54) is 29.7 Å². The SMILES string of the molecule is COc1ccc([C@@H](CC(=O)O)C2(F)CN(C(=O)CCCc3ccc4c(n3)NCCC4)C2)cc1F. The van der Waals surface area contributed by atoms with Crippen molar-refractivity contribution >= 4 is 17.7 Å². The van der Waals surface area contributed by atoms with Crippen LogP contribution in [-0.4, -0.2) is 59.3 Å². The van der Waals surface area contributed by atoms with Crippen LogP contribution in [-0.2, 0) is 22.4 Å². The first-order chi connectivity index (χ1) is 16.3.